The lowest BCUT2D eigenvalue weighted by molar-refractivity contribution is -0.0855. The highest BCUT2D eigenvalue weighted by Crippen LogP contribution is 2.31. The average Bonchev–Trinajstić information content (AvgIpc) is 2.53. The predicted octanol–water partition coefficient (Wildman–Crippen LogP) is 0.431. The van der Waals surface area contributed by atoms with E-state index in [1.54, 1.807) is 12.1 Å². The van der Waals surface area contributed by atoms with E-state index in [0.717, 1.165) is 0 Å². The Labute approximate surface area is 123 Å². The van der Waals surface area contributed by atoms with Gasteiger partial charge in [-0.05, 0) is 6.07 Å². The van der Waals surface area contributed by atoms with Gasteiger partial charge < -0.3 is 30.0 Å². The molecule has 0 aliphatic carbocycles. The summed E-state index contributed by atoms with van der Waals surface area (Å²) in [4.78, 5) is 12.2. The largest absolute Gasteiger partial charge is 0.493 e. The Bertz CT molecular complexity index is 500. The number of nitrogens with two attached hydrogens (primary N) is 1. The highest BCUT2D eigenvalue weighted by Gasteiger charge is 2.18. The summed E-state index contributed by atoms with van der Waals surface area (Å²) in [5, 5.41) is 2.78. The molecule has 1 fully saturated rings. The first kappa shape index (κ1) is 15.4. The first-order chi connectivity index (χ1) is 10.2. The molecule has 0 spiro atoms. The number of amides is 1. The van der Waals surface area contributed by atoms with Crippen LogP contribution in [0.15, 0.2) is 12.1 Å². The van der Waals surface area contributed by atoms with Gasteiger partial charge >= 0.3 is 0 Å². The van der Waals surface area contributed by atoms with Crippen LogP contribution in [0.3, 0.4) is 0 Å². The van der Waals surface area contributed by atoms with Crippen molar-refractivity contribution in [2.45, 2.75) is 6.10 Å². The summed E-state index contributed by atoms with van der Waals surface area (Å²) in [5.74, 6) is 0.646. The van der Waals surface area contributed by atoms with E-state index in [0.29, 0.717) is 49.1 Å². The van der Waals surface area contributed by atoms with Gasteiger partial charge in [-0.2, -0.15) is 0 Å². The number of hydrogen-bond donors (Lipinski definition) is 2. The van der Waals surface area contributed by atoms with Gasteiger partial charge in [0.15, 0.2) is 11.5 Å². The molecule has 1 aromatic carbocycles. The van der Waals surface area contributed by atoms with Crippen molar-refractivity contribution < 1.29 is 23.7 Å². The summed E-state index contributed by atoms with van der Waals surface area (Å²) in [7, 11) is 3.01. The van der Waals surface area contributed by atoms with Crippen molar-refractivity contribution in [1.29, 1.82) is 0 Å². The van der Waals surface area contributed by atoms with E-state index in [1.807, 2.05) is 0 Å². The normalized spacial score (nSPS) is 18.1. The molecule has 1 heterocycles. The zero-order chi connectivity index (χ0) is 15.2. The summed E-state index contributed by atoms with van der Waals surface area (Å²) in [6.07, 6.45) is -0.135. The van der Waals surface area contributed by atoms with Crippen LogP contribution < -0.4 is 20.5 Å². The van der Waals surface area contributed by atoms with Gasteiger partial charge in [0.2, 0.25) is 0 Å². The fourth-order valence-electron chi connectivity index (χ4n) is 2.05. The average molecular weight is 296 g/mol. The minimum absolute atomic E-state index is 0.135. The van der Waals surface area contributed by atoms with Gasteiger partial charge in [0.1, 0.15) is 0 Å². The van der Waals surface area contributed by atoms with E-state index < -0.39 is 0 Å². The van der Waals surface area contributed by atoms with Crippen LogP contribution in [0.4, 0.5) is 5.69 Å². The molecule has 7 nitrogen and oxygen atoms in total. The van der Waals surface area contributed by atoms with Crippen LogP contribution in [-0.2, 0) is 9.47 Å². The smallest absolute Gasteiger partial charge is 0.253 e. The Morgan fingerprint density at radius 3 is 2.67 bits per heavy atom. The van der Waals surface area contributed by atoms with Crippen molar-refractivity contribution in [1.82, 2.24) is 5.32 Å². The summed E-state index contributed by atoms with van der Waals surface area (Å²) in [6.45, 7) is 1.97. The minimum atomic E-state index is -0.289. The van der Waals surface area contributed by atoms with Gasteiger partial charge in [-0.3, -0.25) is 4.79 Å². The topological polar surface area (TPSA) is 92.0 Å². The zero-order valence-electron chi connectivity index (χ0n) is 12.2. The van der Waals surface area contributed by atoms with Crippen molar-refractivity contribution >= 4 is 11.6 Å². The van der Waals surface area contributed by atoms with Crippen molar-refractivity contribution in [3.05, 3.63) is 17.7 Å². The molecule has 1 atom stereocenters. The number of nitrogens with one attached hydrogen (secondary N) is 1. The molecule has 3 N–H and O–H groups in total. The number of ether oxygens (including phenoxy) is 4. The monoisotopic (exact) mass is 296 g/mol. The molecular formula is C14H20N2O5. The standard InChI is InChI=1S/C14H20N2O5/c1-18-12-5-10(11(15)6-13(12)19-2)14(17)16-7-9-8-20-3-4-21-9/h5-6,9H,3-4,7-8,15H2,1-2H3,(H,16,17). The van der Waals surface area contributed by atoms with Crippen molar-refractivity contribution in [2.75, 3.05) is 46.3 Å². The number of rotatable bonds is 5. The number of anilines is 1. The van der Waals surface area contributed by atoms with Crippen molar-refractivity contribution in [2.24, 2.45) is 0 Å². The van der Waals surface area contributed by atoms with Crippen molar-refractivity contribution in [3.63, 3.8) is 0 Å². The molecule has 1 aliphatic heterocycles. The first-order valence-electron chi connectivity index (χ1n) is 6.64. The quantitative estimate of drug-likeness (QED) is 0.766. The Morgan fingerprint density at radius 1 is 1.33 bits per heavy atom. The highest BCUT2D eigenvalue weighted by molar-refractivity contribution is 6.00. The molecule has 0 bridgehead atoms. The number of carbonyl (C=O) groups is 1. The van der Waals surface area contributed by atoms with Crippen LogP contribution in [0.2, 0.25) is 0 Å². The summed E-state index contributed by atoms with van der Waals surface area (Å²) in [5.41, 5.74) is 6.54. The molecule has 116 valence electrons. The summed E-state index contributed by atoms with van der Waals surface area (Å²) < 4.78 is 21.0. The second-order valence-corrected chi connectivity index (χ2v) is 4.57. The van der Waals surface area contributed by atoms with E-state index in [9.17, 15) is 4.79 Å². The van der Waals surface area contributed by atoms with Crippen LogP contribution in [0.1, 0.15) is 10.4 Å². The molecule has 0 saturated carbocycles. The maximum Gasteiger partial charge on any atom is 0.253 e. The molecule has 21 heavy (non-hydrogen) atoms. The lowest BCUT2D eigenvalue weighted by Gasteiger charge is -2.23. The fourth-order valence-corrected chi connectivity index (χ4v) is 2.05. The number of benzene rings is 1. The second-order valence-electron chi connectivity index (χ2n) is 4.57. The Balaban J connectivity index is 2.04. The first-order valence-corrected chi connectivity index (χ1v) is 6.64. The molecule has 1 aromatic rings. The SMILES string of the molecule is COc1cc(N)c(C(=O)NCC2COCCO2)cc1OC. The van der Waals surface area contributed by atoms with Gasteiger partial charge in [-0.25, -0.2) is 0 Å². The highest BCUT2D eigenvalue weighted by atomic mass is 16.6. The second kappa shape index (κ2) is 7.14. The van der Waals surface area contributed by atoms with E-state index in [2.05, 4.69) is 5.32 Å². The molecule has 2 rings (SSSR count). The van der Waals surface area contributed by atoms with Crippen LogP contribution >= 0.6 is 0 Å². The van der Waals surface area contributed by atoms with Gasteiger partial charge in [-0.15, -0.1) is 0 Å². The van der Waals surface area contributed by atoms with Crippen LogP contribution in [0.5, 0.6) is 11.5 Å². The summed E-state index contributed by atoms with van der Waals surface area (Å²) >= 11 is 0. The van der Waals surface area contributed by atoms with E-state index in [4.69, 9.17) is 24.7 Å². The lowest BCUT2D eigenvalue weighted by Crippen LogP contribution is -2.39. The third kappa shape index (κ3) is 3.77. The third-order valence-electron chi connectivity index (χ3n) is 3.18. The van der Waals surface area contributed by atoms with Crippen molar-refractivity contribution in [3.8, 4) is 11.5 Å². The predicted molar refractivity (Wildman–Crippen MR) is 76.9 cm³/mol. The summed E-state index contributed by atoms with van der Waals surface area (Å²) in [6, 6.07) is 3.12. The zero-order valence-corrected chi connectivity index (χ0v) is 12.2. The Morgan fingerprint density at radius 2 is 2.05 bits per heavy atom. The third-order valence-corrected chi connectivity index (χ3v) is 3.18. The fraction of sp³-hybridized carbons (Fsp3) is 0.500. The molecule has 0 aromatic heterocycles. The van der Waals surface area contributed by atoms with Gasteiger partial charge in [-0.1, -0.05) is 0 Å². The molecule has 7 heteroatoms. The molecule has 1 unspecified atom stereocenters. The Kier molecular flexibility index (Phi) is 5.24. The number of methoxy groups -OCH3 is 2. The Hall–Kier alpha value is -1.99. The molecule has 1 aliphatic rings. The number of nitrogen functional groups attached to an aromatic ring is 1. The maximum absolute atomic E-state index is 12.2. The van der Waals surface area contributed by atoms with E-state index in [-0.39, 0.29) is 12.0 Å². The van der Waals surface area contributed by atoms with Crippen LogP contribution in [0.25, 0.3) is 0 Å². The maximum atomic E-state index is 12.2. The van der Waals surface area contributed by atoms with Gasteiger partial charge in [0.25, 0.3) is 5.91 Å². The molecular weight excluding hydrogens is 276 g/mol. The molecule has 1 saturated heterocycles. The minimum Gasteiger partial charge on any atom is -0.493 e. The lowest BCUT2D eigenvalue weighted by atomic mass is 10.1. The molecule has 1 amide bonds. The van der Waals surface area contributed by atoms with Gasteiger partial charge in [0.05, 0.1) is 45.7 Å². The molecule has 0 radical (unpaired) electrons. The van der Waals surface area contributed by atoms with Crippen LogP contribution in [-0.4, -0.2) is 52.6 Å². The van der Waals surface area contributed by atoms with E-state index >= 15 is 0 Å². The van der Waals surface area contributed by atoms with E-state index in [1.165, 1.54) is 14.2 Å². The van der Waals surface area contributed by atoms with Gasteiger partial charge in [0, 0.05) is 18.3 Å². The number of carbonyl (C=O) groups excluding carboxylic acids is 1. The number of hydrogen-bond acceptors (Lipinski definition) is 6. The van der Waals surface area contributed by atoms with Crippen LogP contribution in [0, 0.1) is 0 Å².